The first kappa shape index (κ1) is 99.4. The lowest BCUT2D eigenvalue weighted by Crippen LogP contribution is -2.66. The van der Waals surface area contributed by atoms with Gasteiger partial charge in [0, 0.05) is 6.42 Å². The molecule has 3 fully saturated rings. The monoisotopic (exact) mass is 1540 g/mol. The minimum atomic E-state index is -1.99. The summed E-state index contributed by atoms with van der Waals surface area (Å²) in [6, 6.07) is -1.01. The normalized spacial score (nSPS) is 25.9. The molecule has 19 nitrogen and oxygen atoms in total. The second-order valence-electron chi connectivity index (χ2n) is 30.2. The minimum absolute atomic E-state index is 0.224. The molecule has 3 aliphatic heterocycles. The number of hydrogen-bond acceptors (Lipinski definition) is 18. The Morgan fingerprint density at radius 2 is 0.642 bits per heavy atom. The lowest BCUT2D eigenvalue weighted by Gasteiger charge is -2.48. The summed E-state index contributed by atoms with van der Waals surface area (Å²) >= 11 is 0. The van der Waals surface area contributed by atoms with E-state index in [1.54, 1.807) is 6.08 Å². The maximum Gasteiger partial charge on any atom is 0.220 e. The summed E-state index contributed by atoms with van der Waals surface area (Å²) in [6.07, 6.45) is 70.5. The fourth-order valence-corrected chi connectivity index (χ4v) is 13.9. The Labute approximate surface area is 658 Å². The highest BCUT2D eigenvalue weighted by atomic mass is 16.8. The molecule has 0 bridgehead atoms. The van der Waals surface area contributed by atoms with Crippen LogP contribution in [0.25, 0.3) is 0 Å². The van der Waals surface area contributed by atoms with E-state index in [1.807, 2.05) is 6.08 Å². The van der Waals surface area contributed by atoms with E-state index in [0.717, 1.165) is 103 Å². The molecule has 628 valence electrons. The van der Waals surface area contributed by atoms with E-state index in [9.17, 15) is 61.0 Å². The second-order valence-corrected chi connectivity index (χ2v) is 30.2. The molecule has 3 rings (SSSR count). The molecule has 0 aromatic carbocycles. The van der Waals surface area contributed by atoms with E-state index < -0.39 is 124 Å². The van der Waals surface area contributed by atoms with Crippen molar-refractivity contribution in [3.8, 4) is 0 Å². The number of allylic oxidation sites excluding steroid dienone is 19. The van der Waals surface area contributed by atoms with Gasteiger partial charge in [-0.05, 0) is 103 Å². The SMILES string of the molecule is CC/C=C\C/C=C\C/C=C\C/C=C\C/C=C\C/C=C\C/C=C\CCCCCCCCCCCCCCCC(=O)NC(COC1OC(CO)C(OC2OC(CO)C(OC3OC(CO)C(O)C(O)C3O)C(O)C2O)C(O)C1O)C(O)/C=C/CC/C=C/CC/C=C/CCCCCCCCCCCCCCCCCCCCC. The number of nitrogens with one attached hydrogen (secondary N) is 1. The summed E-state index contributed by atoms with van der Waals surface area (Å²) in [7, 11) is 0. The zero-order valence-electron chi connectivity index (χ0n) is 67.5. The lowest BCUT2D eigenvalue weighted by molar-refractivity contribution is -0.379. The first-order chi connectivity index (χ1) is 53.3. The molecule has 0 radical (unpaired) electrons. The molecule has 0 saturated carbocycles. The van der Waals surface area contributed by atoms with Gasteiger partial charge in [-0.3, -0.25) is 4.79 Å². The summed E-state index contributed by atoms with van der Waals surface area (Å²) in [5.74, 6) is -0.293. The maximum absolute atomic E-state index is 13.5. The van der Waals surface area contributed by atoms with Gasteiger partial charge in [-0.25, -0.2) is 0 Å². The van der Waals surface area contributed by atoms with Crippen molar-refractivity contribution in [1.29, 1.82) is 0 Å². The summed E-state index contributed by atoms with van der Waals surface area (Å²) in [6.45, 7) is 1.62. The van der Waals surface area contributed by atoms with Crippen LogP contribution in [0.5, 0.6) is 0 Å². The van der Waals surface area contributed by atoms with Crippen LogP contribution in [0.15, 0.2) is 122 Å². The van der Waals surface area contributed by atoms with Crippen molar-refractivity contribution >= 4 is 5.91 Å². The Bertz CT molecular complexity index is 2440. The molecule has 12 N–H and O–H groups in total. The van der Waals surface area contributed by atoms with Crippen molar-refractivity contribution in [2.24, 2.45) is 0 Å². The third-order valence-corrected chi connectivity index (χ3v) is 20.7. The van der Waals surface area contributed by atoms with Crippen molar-refractivity contribution < 1.29 is 89.4 Å². The molecule has 3 aliphatic rings. The van der Waals surface area contributed by atoms with E-state index in [4.69, 9.17) is 28.4 Å². The molecule has 19 heteroatoms. The lowest BCUT2D eigenvalue weighted by atomic mass is 9.96. The molecule has 0 spiro atoms. The fraction of sp³-hybridized carbons (Fsp3) is 0.767. The van der Waals surface area contributed by atoms with Gasteiger partial charge in [0.2, 0.25) is 5.91 Å². The summed E-state index contributed by atoms with van der Waals surface area (Å²) in [5.41, 5.74) is 0. The molecule has 0 aromatic heterocycles. The van der Waals surface area contributed by atoms with Crippen molar-refractivity contribution in [1.82, 2.24) is 5.32 Å². The summed E-state index contributed by atoms with van der Waals surface area (Å²) < 4.78 is 34.5. The molecule has 17 atom stereocenters. The van der Waals surface area contributed by atoms with Crippen LogP contribution in [0.1, 0.15) is 309 Å². The Balaban J connectivity index is 1.37. The van der Waals surface area contributed by atoms with Gasteiger partial charge in [-0.15, -0.1) is 0 Å². The Kier molecular flexibility index (Phi) is 62.5. The first-order valence-electron chi connectivity index (χ1n) is 43.3. The number of unbranched alkanes of at least 4 members (excludes halogenated alkanes) is 34. The zero-order valence-corrected chi connectivity index (χ0v) is 67.5. The topological polar surface area (TPSA) is 307 Å². The van der Waals surface area contributed by atoms with Crippen molar-refractivity contribution in [2.45, 2.75) is 413 Å². The van der Waals surface area contributed by atoms with Crippen molar-refractivity contribution in [2.75, 3.05) is 26.4 Å². The quantitative estimate of drug-likeness (QED) is 0.0199. The number of amides is 1. The number of carbonyl (C=O) groups excluding carboxylic acids is 1. The minimum Gasteiger partial charge on any atom is -0.394 e. The number of aliphatic hydroxyl groups is 11. The van der Waals surface area contributed by atoms with Crippen LogP contribution in [0.3, 0.4) is 0 Å². The number of rotatable bonds is 68. The molecular weight excluding hydrogens is 1380 g/mol. The van der Waals surface area contributed by atoms with Gasteiger partial charge in [0.25, 0.3) is 0 Å². The smallest absolute Gasteiger partial charge is 0.220 e. The predicted octanol–water partition coefficient (Wildman–Crippen LogP) is 15.8. The molecule has 109 heavy (non-hydrogen) atoms. The van der Waals surface area contributed by atoms with E-state index in [2.05, 4.69) is 129 Å². The molecule has 1 amide bonds. The third-order valence-electron chi connectivity index (χ3n) is 20.7. The van der Waals surface area contributed by atoms with Gasteiger partial charge in [0.1, 0.15) is 73.2 Å². The van der Waals surface area contributed by atoms with Gasteiger partial charge >= 0.3 is 0 Å². The van der Waals surface area contributed by atoms with Crippen LogP contribution >= 0.6 is 0 Å². The maximum atomic E-state index is 13.5. The third kappa shape index (κ3) is 47.6. The number of carbonyl (C=O) groups is 1. The van der Waals surface area contributed by atoms with Gasteiger partial charge < -0.3 is 89.9 Å². The fourth-order valence-electron chi connectivity index (χ4n) is 13.9. The Hall–Kier alpha value is -3.81. The van der Waals surface area contributed by atoms with E-state index >= 15 is 0 Å². The summed E-state index contributed by atoms with van der Waals surface area (Å²) in [4.78, 5) is 13.5. The first-order valence-corrected chi connectivity index (χ1v) is 43.3. The average Bonchev–Trinajstić information content (AvgIpc) is 0.749. The molecule has 0 aliphatic carbocycles. The van der Waals surface area contributed by atoms with Crippen LogP contribution in [0, 0.1) is 0 Å². The number of aliphatic hydroxyl groups excluding tert-OH is 11. The van der Waals surface area contributed by atoms with Crippen LogP contribution in [-0.2, 0) is 33.2 Å². The zero-order chi connectivity index (χ0) is 78.8. The highest BCUT2D eigenvalue weighted by Gasteiger charge is 2.54. The van der Waals surface area contributed by atoms with Gasteiger partial charge in [-0.1, -0.05) is 322 Å². The van der Waals surface area contributed by atoms with E-state index in [1.165, 1.54) is 173 Å². The highest BCUT2D eigenvalue weighted by molar-refractivity contribution is 5.76. The molecule has 17 unspecified atom stereocenters. The van der Waals surface area contributed by atoms with Crippen LogP contribution in [0.4, 0.5) is 0 Å². The average molecular weight is 1540 g/mol. The molecule has 0 aromatic rings. The van der Waals surface area contributed by atoms with E-state index in [-0.39, 0.29) is 18.9 Å². The van der Waals surface area contributed by atoms with Gasteiger partial charge in [-0.2, -0.15) is 0 Å². The van der Waals surface area contributed by atoms with Crippen molar-refractivity contribution in [3.63, 3.8) is 0 Å². The molecular formula is C90H155NO18. The predicted molar refractivity (Wildman–Crippen MR) is 438 cm³/mol. The second kappa shape index (κ2) is 68.6. The van der Waals surface area contributed by atoms with Crippen molar-refractivity contribution in [3.05, 3.63) is 122 Å². The van der Waals surface area contributed by atoms with Gasteiger partial charge in [0.15, 0.2) is 18.9 Å². The Morgan fingerprint density at radius 1 is 0.339 bits per heavy atom. The van der Waals surface area contributed by atoms with Gasteiger partial charge in [0.05, 0.1) is 38.6 Å². The highest BCUT2D eigenvalue weighted by Crippen LogP contribution is 2.33. The number of ether oxygens (including phenoxy) is 6. The van der Waals surface area contributed by atoms with Crippen LogP contribution in [-0.4, -0.2) is 193 Å². The number of hydrogen-bond donors (Lipinski definition) is 12. The summed E-state index contributed by atoms with van der Waals surface area (Å²) in [5, 5.41) is 121. The molecule has 3 heterocycles. The molecule has 3 saturated heterocycles. The van der Waals surface area contributed by atoms with Crippen LogP contribution < -0.4 is 5.32 Å². The Morgan fingerprint density at radius 3 is 1.03 bits per heavy atom. The largest absolute Gasteiger partial charge is 0.394 e. The standard InChI is InChI=1S/C90H155NO18/c1-3-5-7-9-11-13-15-17-19-21-23-25-27-29-31-33-34-35-36-37-38-40-42-44-46-48-50-52-54-56-58-60-62-64-66-68-78(96)91-73(74(95)67-65-63-61-59-57-55-53-51-49-47-45-43-41-39-32-30-28-26-24-22-20-18-16-14-12-10-8-6-4-2)72-104-88-84(102)81(99)86(76(70-93)106-88)109-90-85(103)82(100)87(77(71-94)107-90)108-89-83(101)80(98)79(97)75(69-92)105-89/h5,7,11,13,17,19,23,25,29,31,34-35,37-38,49,51,57,59,65,67,73-77,79-90,92-95,97-103H,3-4,6,8-10,12,14-16,18,20-22,24,26-28,30,32-33,36,39-48,50,52-56,58,60-64,66,68-72H2,1-2H3,(H,91,96)/b7-5-,13-11-,19-17-,25-23-,31-29-,35-34-,38-37-,51-49+,59-57+,67-65+. The van der Waals surface area contributed by atoms with Crippen LogP contribution in [0.2, 0.25) is 0 Å². The van der Waals surface area contributed by atoms with E-state index in [0.29, 0.717) is 12.8 Å².